The SMILES string of the molecule is Cc1cnc(-c2cc3c(cc2Sc2nc(N)c4ncn(CCNCC(C)(C)C)c4n2)OCO3)o1. The van der Waals surface area contributed by atoms with E-state index in [1.54, 1.807) is 12.5 Å². The number of nitrogens with zero attached hydrogens (tertiary/aromatic N) is 5. The van der Waals surface area contributed by atoms with E-state index in [0.717, 1.165) is 35.9 Å². The third-order valence-corrected chi connectivity index (χ3v) is 6.11. The van der Waals surface area contributed by atoms with Crippen molar-refractivity contribution in [2.45, 2.75) is 44.3 Å². The van der Waals surface area contributed by atoms with Gasteiger partial charge in [0.1, 0.15) is 11.3 Å². The smallest absolute Gasteiger partial charge is 0.231 e. The molecule has 10 nitrogen and oxygen atoms in total. The number of hydrogen-bond donors (Lipinski definition) is 2. The standard InChI is InChI=1S/C23H27N7O3S/c1-13-9-26-21(33-13)14-7-15-16(32-12-31-15)8-17(14)34-22-28-19(24)18-20(29-22)30(11-27-18)6-5-25-10-23(2,3)4/h7-9,11,25H,5-6,10,12H2,1-4H3,(H2,24,28,29). The minimum atomic E-state index is 0.172. The first-order chi connectivity index (χ1) is 16.3. The van der Waals surface area contributed by atoms with E-state index in [2.05, 4.69) is 41.0 Å². The van der Waals surface area contributed by atoms with Gasteiger partial charge in [0.25, 0.3) is 0 Å². The van der Waals surface area contributed by atoms with Crippen LogP contribution >= 0.6 is 11.8 Å². The summed E-state index contributed by atoms with van der Waals surface area (Å²) < 4.78 is 18.9. The Kier molecular flexibility index (Phi) is 5.82. The highest BCUT2D eigenvalue weighted by molar-refractivity contribution is 7.99. The molecular weight excluding hydrogens is 454 g/mol. The van der Waals surface area contributed by atoms with Gasteiger partial charge in [-0.25, -0.2) is 19.9 Å². The Bertz CT molecular complexity index is 1340. The molecule has 0 aliphatic carbocycles. The number of nitrogens with two attached hydrogens (primary N) is 1. The number of hydrogen-bond acceptors (Lipinski definition) is 10. The number of anilines is 1. The van der Waals surface area contributed by atoms with E-state index < -0.39 is 0 Å². The van der Waals surface area contributed by atoms with Crippen LogP contribution in [0.1, 0.15) is 26.5 Å². The molecule has 3 aromatic heterocycles. The van der Waals surface area contributed by atoms with E-state index in [-0.39, 0.29) is 12.2 Å². The molecule has 178 valence electrons. The summed E-state index contributed by atoms with van der Waals surface area (Å²) in [6.45, 7) is 11.1. The molecule has 0 amide bonds. The average Bonchev–Trinajstić information content (AvgIpc) is 3.50. The van der Waals surface area contributed by atoms with Gasteiger partial charge >= 0.3 is 0 Å². The normalized spacial score (nSPS) is 13.2. The molecule has 0 atom stereocenters. The van der Waals surface area contributed by atoms with Crippen LogP contribution in [0.4, 0.5) is 5.82 Å². The van der Waals surface area contributed by atoms with Crippen LogP contribution in [0.5, 0.6) is 11.5 Å². The number of benzene rings is 1. The van der Waals surface area contributed by atoms with E-state index in [1.165, 1.54) is 11.8 Å². The van der Waals surface area contributed by atoms with Crippen LogP contribution in [-0.2, 0) is 6.54 Å². The fourth-order valence-corrected chi connectivity index (χ4v) is 4.46. The highest BCUT2D eigenvalue weighted by Gasteiger charge is 2.22. The van der Waals surface area contributed by atoms with Gasteiger partial charge in [0.15, 0.2) is 28.1 Å². The van der Waals surface area contributed by atoms with Crippen LogP contribution in [0.2, 0.25) is 0 Å². The molecule has 0 radical (unpaired) electrons. The first kappa shape index (κ1) is 22.5. The predicted molar refractivity (Wildman–Crippen MR) is 129 cm³/mol. The fraction of sp³-hybridized carbons (Fsp3) is 0.391. The number of rotatable bonds is 7. The third kappa shape index (κ3) is 4.66. The zero-order valence-electron chi connectivity index (χ0n) is 19.6. The molecule has 4 heterocycles. The highest BCUT2D eigenvalue weighted by atomic mass is 32.2. The molecule has 11 heteroatoms. The van der Waals surface area contributed by atoms with Gasteiger partial charge < -0.3 is 29.5 Å². The van der Waals surface area contributed by atoms with E-state index >= 15 is 0 Å². The summed E-state index contributed by atoms with van der Waals surface area (Å²) in [4.78, 5) is 18.9. The van der Waals surface area contributed by atoms with Crippen molar-refractivity contribution in [2.75, 3.05) is 25.6 Å². The average molecular weight is 482 g/mol. The van der Waals surface area contributed by atoms with Gasteiger partial charge in [-0.05, 0) is 36.2 Å². The molecule has 0 bridgehead atoms. The van der Waals surface area contributed by atoms with Crippen LogP contribution in [0.25, 0.3) is 22.6 Å². The van der Waals surface area contributed by atoms with E-state index in [4.69, 9.17) is 24.6 Å². The number of aryl methyl sites for hydroxylation is 1. The zero-order valence-corrected chi connectivity index (χ0v) is 20.4. The molecule has 0 saturated carbocycles. The Morgan fingerprint density at radius 2 is 1.94 bits per heavy atom. The lowest BCUT2D eigenvalue weighted by Crippen LogP contribution is -2.29. The van der Waals surface area contributed by atoms with Crippen molar-refractivity contribution in [1.29, 1.82) is 0 Å². The molecule has 1 aliphatic heterocycles. The lowest BCUT2D eigenvalue weighted by atomic mass is 9.97. The second-order valence-corrected chi connectivity index (χ2v) is 10.3. The monoisotopic (exact) mass is 481 g/mol. The summed E-state index contributed by atoms with van der Waals surface area (Å²) in [5.74, 6) is 2.84. The molecule has 0 saturated heterocycles. The number of nitrogen functional groups attached to an aromatic ring is 1. The predicted octanol–water partition coefficient (Wildman–Crippen LogP) is 3.89. The molecule has 34 heavy (non-hydrogen) atoms. The first-order valence-electron chi connectivity index (χ1n) is 11.0. The number of fused-ring (bicyclic) bond motifs is 2. The van der Waals surface area contributed by atoms with E-state index in [0.29, 0.717) is 39.5 Å². The van der Waals surface area contributed by atoms with E-state index in [9.17, 15) is 0 Å². The summed E-state index contributed by atoms with van der Waals surface area (Å²) in [5.41, 5.74) is 8.52. The molecule has 0 fully saturated rings. The maximum absolute atomic E-state index is 6.25. The lowest BCUT2D eigenvalue weighted by Gasteiger charge is -2.18. The number of aromatic nitrogens is 5. The third-order valence-electron chi connectivity index (χ3n) is 5.18. The van der Waals surface area contributed by atoms with Crippen molar-refractivity contribution in [3.8, 4) is 23.0 Å². The minimum absolute atomic E-state index is 0.172. The van der Waals surface area contributed by atoms with Gasteiger partial charge in [0.05, 0.1) is 18.1 Å². The van der Waals surface area contributed by atoms with Gasteiger partial charge in [0.2, 0.25) is 12.7 Å². The molecular formula is C23H27N7O3S. The van der Waals surface area contributed by atoms with Crippen LogP contribution < -0.4 is 20.5 Å². The van der Waals surface area contributed by atoms with Crippen molar-refractivity contribution in [1.82, 2.24) is 29.8 Å². The summed E-state index contributed by atoms with van der Waals surface area (Å²) in [7, 11) is 0. The maximum Gasteiger partial charge on any atom is 0.231 e. The Hall–Kier alpha value is -3.31. The summed E-state index contributed by atoms with van der Waals surface area (Å²) in [5, 5.41) is 3.98. The largest absolute Gasteiger partial charge is 0.454 e. The number of oxazole rings is 1. The van der Waals surface area contributed by atoms with Crippen LogP contribution in [0, 0.1) is 12.3 Å². The first-order valence-corrected chi connectivity index (χ1v) is 11.8. The molecule has 1 aromatic carbocycles. The van der Waals surface area contributed by atoms with Crippen molar-refractivity contribution >= 4 is 28.7 Å². The Balaban J connectivity index is 1.45. The van der Waals surface area contributed by atoms with Gasteiger partial charge in [-0.3, -0.25) is 0 Å². The van der Waals surface area contributed by atoms with Crippen LogP contribution in [-0.4, -0.2) is 44.4 Å². The Morgan fingerprint density at radius 3 is 2.68 bits per heavy atom. The zero-order chi connectivity index (χ0) is 23.9. The molecule has 5 rings (SSSR count). The molecule has 0 unspecified atom stereocenters. The van der Waals surface area contributed by atoms with Gasteiger partial charge in [-0.1, -0.05) is 20.8 Å². The molecule has 1 aliphatic rings. The van der Waals surface area contributed by atoms with Crippen molar-refractivity contribution in [3.63, 3.8) is 0 Å². The van der Waals surface area contributed by atoms with Gasteiger partial charge in [-0.2, -0.15) is 0 Å². The van der Waals surface area contributed by atoms with Crippen molar-refractivity contribution in [3.05, 3.63) is 30.4 Å². The van der Waals surface area contributed by atoms with Crippen LogP contribution in [0.3, 0.4) is 0 Å². The fourth-order valence-electron chi connectivity index (χ4n) is 3.57. The van der Waals surface area contributed by atoms with Crippen LogP contribution in [0.15, 0.2) is 39.1 Å². The van der Waals surface area contributed by atoms with E-state index in [1.807, 2.05) is 23.6 Å². The van der Waals surface area contributed by atoms with Crippen molar-refractivity contribution in [2.24, 2.45) is 5.41 Å². The number of ether oxygens (including phenoxy) is 2. The number of imidazole rings is 1. The minimum Gasteiger partial charge on any atom is -0.454 e. The summed E-state index contributed by atoms with van der Waals surface area (Å²) >= 11 is 1.36. The maximum atomic E-state index is 6.25. The highest BCUT2D eigenvalue weighted by Crippen LogP contribution is 2.44. The summed E-state index contributed by atoms with van der Waals surface area (Å²) in [6, 6.07) is 3.75. The molecule has 0 spiro atoms. The van der Waals surface area contributed by atoms with Crippen molar-refractivity contribution < 1.29 is 13.9 Å². The number of nitrogens with one attached hydrogen (secondary N) is 1. The Morgan fingerprint density at radius 1 is 1.15 bits per heavy atom. The lowest BCUT2D eigenvalue weighted by molar-refractivity contribution is 0.174. The molecule has 4 aromatic rings. The second kappa shape index (κ2) is 8.80. The van der Waals surface area contributed by atoms with Gasteiger partial charge in [-0.15, -0.1) is 0 Å². The topological polar surface area (TPSA) is 126 Å². The van der Waals surface area contributed by atoms with Gasteiger partial charge in [0, 0.05) is 24.5 Å². The summed E-state index contributed by atoms with van der Waals surface area (Å²) in [6.07, 6.45) is 3.44. The molecule has 3 N–H and O–H groups in total. The quantitative estimate of drug-likeness (QED) is 0.296. The second-order valence-electron chi connectivity index (χ2n) is 9.32. The Labute approximate surface area is 201 Å².